The number of anilines is 1. The van der Waals surface area contributed by atoms with Gasteiger partial charge in [0.2, 0.25) is 0 Å². The fourth-order valence-electron chi connectivity index (χ4n) is 2.32. The second-order valence-electron chi connectivity index (χ2n) is 6.25. The number of benzene rings is 2. The second kappa shape index (κ2) is 7.01. The fraction of sp³-hybridized carbons (Fsp3) is 0.200. The molecule has 2 rings (SSSR count). The normalized spacial score (nSPS) is 10.6. The highest BCUT2D eigenvalue weighted by atomic mass is 16.2. The summed E-state index contributed by atoms with van der Waals surface area (Å²) in [7, 11) is 0. The quantitative estimate of drug-likeness (QED) is 0.861. The Balaban J connectivity index is 2.10. The maximum absolute atomic E-state index is 12.3. The Hall–Kier alpha value is -3.06. The number of carbonyl (C=O) groups excluding carboxylic acids is 1. The molecule has 4 heteroatoms. The van der Waals surface area contributed by atoms with Gasteiger partial charge in [-0.2, -0.15) is 5.26 Å². The maximum atomic E-state index is 12.3. The minimum absolute atomic E-state index is 0.301. The Labute approximate surface area is 142 Å². The molecule has 0 bridgehead atoms. The molecular formula is C20H21N3O. The third-order valence-electron chi connectivity index (χ3n) is 3.77. The highest BCUT2D eigenvalue weighted by Gasteiger charge is 2.23. The highest BCUT2D eigenvalue weighted by Crippen LogP contribution is 2.23. The first kappa shape index (κ1) is 17.3. The predicted molar refractivity (Wildman–Crippen MR) is 97.5 cm³/mol. The lowest BCUT2D eigenvalue weighted by Crippen LogP contribution is -2.43. The summed E-state index contributed by atoms with van der Waals surface area (Å²) in [4.78, 5) is 12.3. The van der Waals surface area contributed by atoms with Crippen molar-refractivity contribution < 1.29 is 4.79 Å². The smallest absolute Gasteiger partial charge is 0.319 e. The summed E-state index contributed by atoms with van der Waals surface area (Å²) in [6, 6.07) is 16.4. The maximum Gasteiger partial charge on any atom is 0.319 e. The van der Waals surface area contributed by atoms with E-state index in [1.165, 1.54) is 0 Å². The van der Waals surface area contributed by atoms with Crippen LogP contribution in [0.3, 0.4) is 0 Å². The monoisotopic (exact) mass is 319 g/mol. The van der Waals surface area contributed by atoms with E-state index in [1.807, 2.05) is 51.1 Å². The summed E-state index contributed by atoms with van der Waals surface area (Å²) in [6.45, 7) is 9.81. The number of carbonyl (C=O) groups is 1. The van der Waals surface area contributed by atoms with Crippen LogP contribution in [0.15, 0.2) is 55.1 Å². The van der Waals surface area contributed by atoms with E-state index >= 15 is 0 Å². The van der Waals surface area contributed by atoms with Gasteiger partial charge in [0, 0.05) is 5.69 Å². The van der Waals surface area contributed by atoms with E-state index in [1.54, 1.807) is 24.3 Å². The Morgan fingerprint density at radius 3 is 2.42 bits per heavy atom. The van der Waals surface area contributed by atoms with Gasteiger partial charge in [-0.15, -0.1) is 0 Å². The summed E-state index contributed by atoms with van der Waals surface area (Å²) in [6.07, 6.45) is 0. The van der Waals surface area contributed by atoms with Gasteiger partial charge in [0.25, 0.3) is 0 Å². The van der Waals surface area contributed by atoms with Crippen molar-refractivity contribution in [3.8, 4) is 6.07 Å². The minimum atomic E-state index is -0.540. The van der Waals surface area contributed by atoms with E-state index < -0.39 is 5.54 Å². The van der Waals surface area contributed by atoms with Gasteiger partial charge in [-0.3, -0.25) is 0 Å². The zero-order valence-electron chi connectivity index (χ0n) is 14.2. The van der Waals surface area contributed by atoms with Crippen molar-refractivity contribution in [2.75, 3.05) is 5.32 Å². The first-order valence-corrected chi connectivity index (χ1v) is 7.67. The van der Waals surface area contributed by atoms with Gasteiger partial charge < -0.3 is 10.6 Å². The van der Waals surface area contributed by atoms with Gasteiger partial charge in [-0.05, 0) is 62.2 Å². The summed E-state index contributed by atoms with van der Waals surface area (Å²) in [5.41, 5.74) is 3.68. The van der Waals surface area contributed by atoms with Crippen LogP contribution in [0.25, 0.3) is 5.57 Å². The molecule has 2 aromatic rings. The lowest BCUT2D eigenvalue weighted by molar-refractivity contribution is 0.242. The van der Waals surface area contributed by atoms with Gasteiger partial charge in [0.05, 0.1) is 17.2 Å². The molecule has 2 N–H and O–H groups in total. The Morgan fingerprint density at radius 2 is 1.83 bits per heavy atom. The van der Waals surface area contributed by atoms with Gasteiger partial charge >= 0.3 is 6.03 Å². The average Bonchev–Trinajstić information content (AvgIpc) is 2.55. The molecule has 0 unspecified atom stereocenters. The van der Waals surface area contributed by atoms with E-state index in [2.05, 4.69) is 17.2 Å². The van der Waals surface area contributed by atoms with E-state index in [9.17, 15) is 4.79 Å². The van der Waals surface area contributed by atoms with Crippen LogP contribution in [0.2, 0.25) is 0 Å². The van der Waals surface area contributed by atoms with Crippen molar-refractivity contribution in [2.24, 2.45) is 0 Å². The number of urea groups is 1. The molecule has 0 aliphatic carbocycles. The third kappa shape index (κ3) is 4.23. The number of allylic oxidation sites excluding steroid dienone is 1. The predicted octanol–water partition coefficient (Wildman–Crippen LogP) is 4.65. The van der Waals surface area contributed by atoms with Crippen LogP contribution in [0.4, 0.5) is 10.5 Å². The minimum Gasteiger partial charge on any atom is -0.329 e. The standard InChI is InChI=1S/C20H21N3O/c1-14(2)16-6-5-7-17(12-16)20(3,4)23-19(24)22-18-10-8-15(13-21)9-11-18/h5-12H,1H2,2-4H3,(H2,22,23,24). The van der Waals surface area contributed by atoms with Gasteiger partial charge in [-0.1, -0.05) is 30.4 Å². The van der Waals surface area contributed by atoms with Crippen LogP contribution in [-0.4, -0.2) is 6.03 Å². The molecule has 0 spiro atoms. The Morgan fingerprint density at radius 1 is 1.17 bits per heavy atom. The molecule has 2 amide bonds. The lowest BCUT2D eigenvalue weighted by atomic mass is 9.92. The van der Waals surface area contributed by atoms with Crippen LogP contribution >= 0.6 is 0 Å². The Bertz CT molecular complexity index is 798. The van der Waals surface area contributed by atoms with Crippen molar-refractivity contribution in [3.63, 3.8) is 0 Å². The van der Waals surface area contributed by atoms with Crippen molar-refractivity contribution in [3.05, 3.63) is 71.8 Å². The topological polar surface area (TPSA) is 64.9 Å². The molecule has 2 aromatic carbocycles. The van der Waals surface area contributed by atoms with Crippen LogP contribution in [0.5, 0.6) is 0 Å². The lowest BCUT2D eigenvalue weighted by Gasteiger charge is -2.27. The molecule has 0 heterocycles. The third-order valence-corrected chi connectivity index (χ3v) is 3.77. The largest absolute Gasteiger partial charge is 0.329 e. The number of amides is 2. The number of nitriles is 1. The molecule has 0 aromatic heterocycles. The van der Waals surface area contributed by atoms with Crippen LogP contribution in [0.1, 0.15) is 37.5 Å². The van der Waals surface area contributed by atoms with Crippen molar-refractivity contribution >= 4 is 17.3 Å². The summed E-state index contributed by atoms with van der Waals surface area (Å²) in [5.74, 6) is 0. The van der Waals surface area contributed by atoms with E-state index in [0.717, 1.165) is 16.7 Å². The SMILES string of the molecule is C=C(C)c1cccc(C(C)(C)NC(=O)Nc2ccc(C#N)cc2)c1. The van der Waals surface area contributed by atoms with E-state index in [4.69, 9.17) is 5.26 Å². The number of nitrogens with one attached hydrogen (secondary N) is 2. The molecule has 0 aliphatic rings. The average molecular weight is 319 g/mol. The zero-order chi connectivity index (χ0) is 17.7. The number of hydrogen-bond acceptors (Lipinski definition) is 2. The summed E-state index contributed by atoms with van der Waals surface area (Å²) >= 11 is 0. The van der Waals surface area contributed by atoms with E-state index in [0.29, 0.717) is 11.3 Å². The fourth-order valence-corrected chi connectivity index (χ4v) is 2.32. The van der Waals surface area contributed by atoms with Crippen LogP contribution in [0, 0.1) is 11.3 Å². The number of hydrogen-bond donors (Lipinski definition) is 2. The van der Waals surface area contributed by atoms with Crippen LogP contribution in [-0.2, 0) is 5.54 Å². The molecule has 0 saturated heterocycles. The van der Waals surface area contributed by atoms with Crippen LogP contribution < -0.4 is 10.6 Å². The Kier molecular flexibility index (Phi) is 5.05. The molecule has 0 radical (unpaired) electrons. The molecule has 0 atom stereocenters. The number of nitrogens with zero attached hydrogens (tertiary/aromatic N) is 1. The molecule has 0 aliphatic heterocycles. The van der Waals surface area contributed by atoms with Crippen molar-refractivity contribution in [2.45, 2.75) is 26.3 Å². The number of rotatable bonds is 4. The van der Waals surface area contributed by atoms with Crippen molar-refractivity contribution in [1.29, 1.82) is 5.26 Å². The van der Waals surface area contributed by atoms with Gasteiger partial charge in [0.1, 0.15) is 0 Å². The highest BCUT2D eigenvalue weighted by molar-refractivity contribution is 5.89. The zero-order valence-corrected chi connectivity index (χ0v) is 14.2. The van der Waals surface area contributed by atoms with Gasteiger partial charge in [0.15, 0.2) is 0 Å². The van der Waals surface area contributed by atoms with Crippen molar-refractivity contribution in [1.82, 2.24) is 5.32 Å². The molecule has 24 heavy (non-hydrogen) atoms. The first-order chi connectivity index (χ1) is 11.3. The molecule has 4 nitrogen and oxygen atoms in total. The summed E-state index contributed by atoms with van der Waals surface area (Å²) in [5, 5.41) is 14.5. The molecule has 122 valence electrons. The first-order valence-electron chi connectivity index (χ1n) is 7.67. The van der Waals surface area contributed by atoms with Gasteiger partial charge in [-0.25, -0.2) is 4.79 Å². The van der Waals surface area contributed by atoms with E-state index in [-0.39, 0.29) is 6.03 Å². The second-order valence-corrected chi connectivity index (χ2v) is 6.25. The molecular weight excluding hydrogens is 298 g/mol. The molecule has 0 saturated carbocycles. The summed E-state index contributed by atoms with van der Waals surface area (Å²) < 4.78 is 0. The molecule has 0 fully saturated rings.